The number of hydrogen-bond acceptors (Lipinski definition) is 6. The first-order valence-electron chi connectivity index (χ1n) is 8.50. The van der Waals surface area contributed by atoms with Gasteiger partial charge in [0.2, 0.25) is 0 Å². The topological polar surface area (TPSA) is 103 Å². The Morgan fingerprint density at radius 1 is 1.15 bits per heavy atom. The fraction of sp³-hybridized carbons (Fsp3) is 0.421. The predicted molar refractivity (Wildman–Crippen MR) is 101 cm³/mol. The van der Waals surface area contributed by atoms with Crippen LogP contribution in [0.15, 0.2) is 24.3 Å². The number of methoxy groups -OCH3 is 2. The lowest BCUT2D eigenvalue weighted by atomic mass is 10.1. The van der Waals surface area contributed by atoms with Gasteiger partial charge in [0.25, 0.3) is 5.91 Å². The first-order valence-corrected chi connectivity index (χ1v) is 8.50. The average Bonchev–Trinajstić information content (AvgIpc) is 2.64. The molecule has 8 heteroatoms. The number of hydrogen-bond donors (Lipinski definition) is 2. The number of carbonyl (C=O) groups excluding carboxylic acids is 3. The highest BCUT2D eigenvalue weighted by Crippen LogP contribution is 2.25. The smallest absolute Gasteiger partial charge is 0.331 e. The van der Waals surface area contributed by atoms with E-state index in [1.807, 2.05) is 13.8 Å². The Labute approximate surface area is 158 Å². The molecule has 1 aromatic rings. The molecule has 1 aromatic carbocycles. The maximum atomic E-state index is 11.7. The predicted octanol–water partition coefficient (Wildman–Crippen LogP) is 2.13. The zero-order valence-electron chi connectivity index (χ0n) is 16.0. The highest BCUT2D eigenvalue weighted by atomic mass is 16.5. The number of nitrogens with one attached hydrogen (secondary N) is 2. The van der Waals surface area contributed by atoms with E-state index in [1.165, 1.54) is 26.4 Å². The van der Waals surface area contributed by atoms with Crippen LogP contribution in [0.5, 0.6) is 11.5 Å². The lowest BCUT2D eigenvalue weighted by molar-refractivity contribution is -0.143. The van der Waals surface area contributed by atoms with Crippen LogP contribution >= 0.6 is 0 Å². The molecule has 0 fully saturated rings. The molecule has 0 spiro atoms. The van der Waals surface area contributed by atoms with Crippen LogP contribution in [-0.4, -0.2) is 45.3 Å². The number of urea groups is 1. The molecule has 0 aliphatic heterocycles. The van der Waals surface area contributed by atoms with Crippen LogP contribution in [0, 0.1) is 5.92 Å². The molecule has 0 aliphatic carbocycles. The van der Waals surface area contributed by atoms with Gasteiger partial charge >= 0.3 is 12.0 Å². The van der Waals surface area contributed by atoms with Gasteiger partial charge < -0.3 is 19.5 Å². The van der Waals surface area contributed by atoms with E-state index in [9.17, 15) is 14.4 Å². The molecule has 0 aromatic heterocycles. The molecule has 148 valence electrons. The second kappa shape index (κ2) is 11.6. The first kappa shape index (κ1) is 22.0. The summed E-state index contributed by atoms with van der Waals surface area (Å²) in [7, 11) is 3.04. The molecule has 0 radical (unpaired) electrons. The number of ether oxygens (including phenoxy) is 3. The molecule has 2 N–H and O–H groups in total. The van der Waals surface area contributed by atoms with Crippen molar-refractivity contribution in [1.29, 1.82) is 0 Å². The fourth-order valence-electron chi connectivity index (χ4n) is 1.98. The SMILES string of the molecule is COc1ccc(/C=C/C(=O)OCC(=O)NC(=O)NCCC(C)C)c(OC)c1. The number of benzene rings is 1. The number of amides is 3. The molecule has 0 aliphatic rings. The third-order valence-electron chi connectivity index (χ3n) is 3.45. The van der Waals surface area contributed by atoms with Gasteiger partial charge in [-0.05, 0) is 30.5 Å². The summed E-state index contributed by atoms with van der Waals surface area (Å²) in [6.07, 6.45) is 3.47. The Hall–Kier alpha value is -3.03. The maximum Gasteiger partial charge on any atom is 0.331 e. The van der Waals surface area contributed by atoms with Gasteiger partial charge in [0, 0.05) is 24.3 Å². The van der Waals surface area contributed by atoms with Crippen LogP contribution in [0.2, 0.25) is 0 Å². The van der Waals surface area contributed by atoms with Gasteiger partial charge in [0.15, 0.2) is 6.61 Å². The van der Waals surface area contributed by atoms with E-state index in [2.05, 4.69) is 10.6 Å². The Kier molecular flexibility index (Phi) is 9.42. The van der Waals surface area contributed by atoms with Gasteiger partial charge in [-0.1, -0.05) is 13.8 Å². The minimum Gasteiger partial charge on any atom is -0.497 e. The van der Waals surface area contributed by atoms with E-state index < -0.39 is 24.5 Å². The number of rotatable bonds is 9. The van der Waals surface area contributed by atoms with Gasteiger partial charge in [0.1, 0.15) is 11.5 Å². The van der Waals surface area contributed by atoms with E-state index in [-0.39, 0.29) is 0 Å². The van der Waals surface area contributed by atoms with E-state index in [0.29, 0.717) is 29.5 Å². The third-order valence-corrected chi connectivity index (χ3v) is 3.45. The van der Waals surface area contributed by atoms with E-state index in [0.717, 1.165) is 6.42 Å². The van der Waals surface area contributed by atoms with E-state index in [1.54, 1.807) is 18.2 Å². The van der Waals surface area contributed by atoms with Crippen molar-refractivity contribution in [3.05, 3.63) is 29.8 Å². The summed E-state index contributed by atoms with van der Waals surface area (Å²) < 4.78 is 15.1. The van der Waals surface area contributed by atoms with Crippen molar-refractivity contribution in [1.82, 2.24) is 10.6 Å². The van der Waals surface area contributed by atoms with Crippen LogP contribution in [0.25, 0.3) is 6.08 Å². The molecule has 3 amide bonds. The highest BCUT2D eigenvalue weighted by Gasteiger charge is 2.10. The van der Waals surface area contributed by atoms with Crippen molar-refractivity contribution in [2.75, 3.05) is 27.4 Å². The van der Waals surface area contributed by atoms with Gasteiger partial charge in [0.05, 0.1) is 14.2 Å². The molecular weight excluding hydrogens is 352 g/mol. The van der Waals surface area contributed by atoms with Gasteiger partial charge in [-0.25, -0.2) is 9.59 Å². The van der Waals surface area contributed by atoms with Crippen molar-refractivity contribution in [3.8, 4) is 11.5 Å². The Bertz CT molecular complexity index is 685. The second-order valence-electron chi connectivity index (χ2n) is 6.04. The fourth-order valence-corrected chi connectivity index (χ4v) is 1.98. The summed E-state index contributed by atoms with van der Waals surface area (Å²) in [4.78, 5) is 34.8. The van der Waals surface area contributed by atoms with Crippen molar-refractivity contribution in [2.45, 2.75) is 20.3 Å². The molecule has 1 rings (SSSR count). The lowest BCUT2D eigenvalue weighted by Crippen LogP contribution is -2.41. The monoisotopic (exact) mass is 378 g/mol. The number of carbonyl (C=O) groups is 3. The van der Waals surface area contributed by atoms with Crippen molar-refractivity contribution in [2.24, 2.45) is 5.92 Å². The summed E-state index contributed by atoms with van der Waals surface area (Å²) >= 11 is 0. The zero-order chi connectivity index (χ0) is 20.2. The van der Waals surface area contributed by atoms with Crippen LogP contribution in [0.3, 0.4) is 0 Å². The summed E-state index contributed by atoms with van der Waals surface area (Å²) in [5.74, 6) is 0.159. The zero-order valence-corrected chi connectivity index (χ0v) is 16.0. The number of esters is 1. The van der Waals surface area contributed by atoms with Crippen molar-refractivity contribution in [3.63, 3.8) is 0 Å². The van der Waals surface area contributed by atoms with Crippen LogP contribution in [0.1, 0.15) is 25.8 Å². The normalized spacial score (nSPS) is 10.6. The second-order valence-corrected chi connectivity index (χ2v) is 6.04. The molecule has 27 heavy (non-hydrogen) atoms. The average molecular weight is 378 g/mol. The van der Waals surface area contributed by atoms with Gasteiger partial charge in [-0.2, -0.15) is 0 Å². The summed E-state index contributed by atoms with van der Waals surface area (Å²) in [6.45, 7) is 3.96. The molecule has 0 saturated carbocycles. The summed E-state index contributed by atoms with van der Waals surface area (Å²) in [6, 6.07) is 4.50. The minimum atomic E-state index is -0.719. The van der Waals surface area contributed by atoms with Crippen molar-refractivity contribution >= 4 is 24.0 Å². The lowest BCUT2D eigenvalue weighted by Gasteiger charge is -2.08. The quantitative estimate of drug-likeness (QED) is 0.504. The third kappa shape index (κ3) is 8.75. The highest BCUT2D eigenvalue weighted by molar-refractivity contribution is 5.96. The molecule has 0 atom stereocenters. The molecule has 0 bridgehead atoms. The molecule has 8 nitrogen and oxygen atoms in total. The Balaban J connectivity index is 2.43. The van der Waals surface area contributed by atoms with Crippen LogP contribution in [-0.2, 0) is 14.3 Å². The summed E-state index contributed by atoms with van der Waals surface area (Å²) in [5, 5.41) is 4.64. The largest absolute Gasteiger partial charge is 0.497 e. The molecule has 0 saturated heterocycles. The maximum absolute atomic E-state index is 11.7. The Morgan fingerprint density at radius 2 is 1.89 bits per heavy atom. The molecule has 0 heterocycles. The van der Waals surface area contributed by atoms with Crippen molar-refractivity contribution < 1.29 is 28.6 Å². The van der Waals surface area contributed by atoms with E-state index in [4.69, 9.17) is 14.2 Å². The minimum absolute atomic E-state index is 0.443. The standard InChI is InChI=1S/C19H26N2O6/c1-13(2)9-10-20-19(24)21-17(22)12-27-18(23)8-6-14-5-7-15(25-3)11-16(14)26-4/h5-8,11,13H,9-10,12H2,1-4H3,(H2,20,21,22,24)/b8-6+. The molecule has 0 unspecified atom stereocenters. The van der Waals surface area contributed by atoms with E-state index >= 15 is 0 Å². The first-order chi connectivity index (χ1) is 12.8. The van der Waals surface area contributed by atoms with Crippen LogP contribution < -0.4 is 20.1 Å². The van der Waals surface area contributed by atoms with Gasteiger partial charge in [-0.3, -0.25) is 10.1 Å². The van der Waals surface area contributed by atoms with Crippen LogP contribution in [0.4, 0.5) is 4.79 Å². The molecular formula is C19H26N2O6. The van der Waals surface area contributed by atoms with Gasteiger partial charge in [-0.15, -0.1) is 0 Å². The summed E-state index contributed by atoms with van der Waals surface area (Å²) in [5.41, 5.74) is 0.643. The number of imide groups is 1. The Morgan fingerprint density at radius 3 is 2.52 bits per heavy atom.